The fraction of sp³-hybridized carbons (Fsp3) is 0.938. The SMILES string of the molecule is CCC(CC)(CNC(=O)C1CC2CCCCC2N1)SC.Cl. The van der Waals surface area contributed by atoms with Crippen LogP contribution in [0.2, 0.25) is 0 Å². The summed E-state index contributed by atoms with van der Waals surface area (Å²) in [5, 5.41) is 6.77. The van der Waals surface area contributed by atoms with Crippen molar-refractivity contribution in [3.8, 4) is 0 Å². The third-order valence-corrected chi connectivity index (χ3v) is 7.07. The van der Waals surface area contributed by atoms with Crippen LogP contribution in [0.4, 0.5) is 0 Å². The van der Waals surface area contributed by atoms with E-state index in [9.17, 15) is 4.79 Å². The molecule has 0 spiro atoms. The van der Waals surface area contributed by atoms with E-state index in [1.807, 2.05) is 11.8 Å². The maximum absolute atomic E-state index is 12.4. The molecule has 1 aliphatic carbocycles. The molecule has 0 radical (unpaired) electrons. The molecule has 1 saturated carbocycles. The van der Waals surface area contributed by atoms with Gasteiger partial charge in [-0.15, -0.1) is 12.4 Å². The van der Waals surface area contributed by atoms with Gasteiger partial charge in [-0.25, -0.2) is 0 Å². The summed E-state index contributed by atoms with van der Waals surface area (Å²) in [4.78, 5) is 12.4. The van der Waals surface area contributed by atoms with Gasteiger partial charge in [0.25, 0.3) is 0 Å². The van der Waals surface area contributed by atoms with Gasteiger partial charge >= 0.3 is 0 Å². The molecule has 1 heterocycles. The highest BCUT2D eigenvalue weighted by atomic mass is 35.5. The van der Waals surface area contributed by atoms with Crippen molar-refractivity contribution in [2.75, 3.05) is 12.8 Å². The van der Waals surface area contributed by atoms with E-state index in [1.165, 1.54) is 25.7 Å². The quantitative estimate of drug-likeness (QED) is 0.782. The summed E-state index contributed by atoms with van der Waals surface area (Å²) >= 11 is 1.89. The Balaban J connectivity index is 0.00000220. The summed E-state index contributed by atoms with van der Waals surface area (Å²) < 4.78 is 0.209. The molecule has 3 unspecified atom stereocenters. The lowest BCUT2D eigenvalue weighted by Crippen LogP contribution is -2.47. The average molecular weight is 335 g/mol. The minimum atomic E-state index is 0. The molecule has 2 aliphatic rings. The molecule has 3 atom stereocenters. The number of halogens is 1. The normalized spacial score (nSPS) is 28.6. The van der Waals surface area contributed by atoms with E-state index >= 15 is 0 Å². The Kier molecular flexibility index (Phi) is 7.86. The standard InChI is InChI=1S/C16H30N2OS.ClH/c1-4-16(5-2,20-3)11-17-15(19)14-10-12-8-6-7-9-13(12)18-14;/h12-14,18H,4-11H2,1-3H3,(H,17,19);1H. The fourth-order valence-corrected chi connectivity index (χ4v) is 4.55. The highest BCUT2D eigenvalue weighted by molar-refractivity contribution is 8.00. The number of carbonyl (C=O) groups excluding carboxylic acids is 1. The number of rotatable bonds is 6. The Morgan fingerprint density at radius 1 is 1.29 bits per heavy atom. The van der Waals surface area contributed by atoms with Gasteiger partial charge < -0.3 is 10.6 Å². The number of hydrogen-bond donors (Lipinski definition) is 2. The van der Waals surface area contributed by atoms with Crippen molar-refractivity contribution in [1.29, 1.82) is 0 Å². The summed E-state index contributed by atoms with van der Waals surface area (Å²) in [6.45, 7) is 5.23. The van der Waals surface area contributed by atoms with E-state index in [0.29, 0.717) is 6.04 Å². The van der Waals surface area contributed by atoms with E-state index in [0.717, 1.165) is 31.7 Å². The number of nitrogens with one attached hydrogen (secondary N) is 2. The van der Waals surface area contributed by atoms with Crippen molar-refractivity contribution < 1.29 is 4.79 Å². The van der Waals surface area contributed by atoms with E-state index in [2.05, 4.69) is 30.7 Å². The minimum Gasteiger partial charge on any atom is -0.353 e. The van der Waals surface area contributed by atoms with Crippen LogP contribution in [0, 0.1) is 5.92 Å². The second kappa shape index (κ2) is 8.64. The molecule has 2 fully saturated rings. The number of fused-ring (bicyclic) bond motifs is 1. The number of thioether (sulfide) groups is 1. The first-order valence-corrected chi connectivity index (χ1v) is 9.45. The molecule has 0 aromatic heterocycles. The Hall–Kier alpha value is 0.0700. The van der Waals surface area contributed by atoms with Crippen LogP contribution in [0.5, 0.6) is 0 Å². The molecular weight excluding hydrogens is 304 g/mol. The molecule has 1 aliphatic heterocycles. The van der Waals surface area contributed by atoms with Gasteiger partial charge in [-0.05, 0) is 44.3 Å². The van der Waals surface area contributed by atoms with Crippen LogP contribution in [0.3, 0.4) is 0 Å². The van der Waals surface area contributed by atoms with Crippen LogP contribution in [-0.4, -0.2) is 35.5 Å². The maximum atomic E-state index is 12.4. The summed E-state index contributed by atoms with van der Waals surface area (Å²) in [5.74, 6) is 0.960. The first kappa shape index (κ1) is 19.1. The predicted molar refractivity (Wildman–Crippen MR) is 94.4 cm³/mol. The van der Waals surface area contributed by atoms with Gasteiger partial charge in [-0.2, -0.15) is 11.8 Å². The zero-order valence-electron chi connectivity index (χ0n) is 13.6. The molecule has 2 rings (SSSR count). The van der Waals surface area contributed by atoms with Crippen molar-refractivity contribution in [2.45, 2.75) is 75.6 Å². The monoisotopic (exact) mass is 334 g/mol. The molecule has 5 heteroatoms. The van der Waals surface area contributed by atoms with Crippen molar-refractivity contribution >= 4 is 30.1 Å². The van der Waals surface area contributed by atoms with Crippen LogP contribution in [-0.2, 0) is 4.79 Å². The smallest absolute Gasteiger partial charge is 0.237 e. The Labute approximate surface area is 140 Å². The van der Waals surface area contributed by atoms with E-state index in [-0.39, 0.29) is 29.1 Å². The second-order valence-electron chi connectivity index (χ2n) is 6.42. The van der Waals surface area contributed by atoms with Gasteiger partial charge in [-0.3, -0.25) is 4.79 Å². The average Bonchev–Trinajstić information content (AvgIpc) is 2.93. The zero-order valence-corrected chi connectivity index (χ0v) is 15.2. The highest BCUT2D eigenvalue weighted by Crippen LogP contribution is 2.33. The van der Waals surface area contributed by atoms with Gasteiger partial charge in [0.05, 0.1) is 6.04 Å². The van der Waals surface area contributed by atoms with Gasteiger partial charge in [0, 0.05) is 17.3 Å². The summed E-state index contributed by atoms with van der Waals surface area (Å²) in [7, 11) is 0. The van der Waals surface area contributed by atoms with Crippen molar-refractivity contribution in [1.82, 2.24) is 10.6 Å². The summed E-state index contributed by atoms with van der Waals surface area (Å²) in [6, 6.07) is 0.651. The third-order valence-electron chi connectivity index (χ3n) is 5.49. The predicted octanol–water partition coefficient (Wildman–Crippen LogP) is 3.37. The van der Waals surface area contributed by atoms with Crippen LogP contribution in [0.1, 0.15) is 58.8 Å². The minimum absolute atomic E-state index is 0. The Morgan fingerprint density at radius 2 is 1.95 bits per heavy atom. The van der Waals surface area contributed by atoms with E-state index in [4.69, 9.17) is 0 Å². The molecule has 124 valence electrons. The van der Waals surface area contributed by atoms with Gasteiger partial charge in [0.2, 0.25) is 5.91 Å². The van der Waals surface area contributed by atoms with Crippen molar-refractivity contribution in [2.24, 2.45) is 5.92 Å². The number of carbonyl (C=O) groups is 1. The van der Waals surface area contributed by atoms with E-state index < -0.39 is 0 Å². The molecule has 1 saturated heterocycles. The first-order chi connectivity index (χ1) is 9.64. The molecule has 1 amide bonds. The van der Waals surface area contributed by atoms with Crippen molar-refractivity contribution in [3.63, 3.8) is 0 Å². The third kappa shape index (κ3) is 4.52. The lowest BCUT2D eigenvalue weighted by Gasteiger charge is -2.30. The van der Waals surface area contributed by atoms with Crippen LogP contribution in [0.15, 0.2) is 0 Å². The van der Waals surface area contributed by atoms with Crippen molar-refractivity contribution in [3.05, 3.63) is 0 Å². The van der Waals surface area contributed by atoms with Gasteiger partial charge in [-0.1, -0.05) is 26.7 Å². The number of amides is 1. The molecule has 21 heavy (non-hydrogen) atoms. The first-order valence-electron chi connectivity index (χ1n) is 8.23. The van der Waals surface area contributed by atoms with E-state index in [1.54, 1.807) is 0 Å². The second-order valence-corrected chi connectivity index (χ2v) is 7.69. The Bertz CT molecular complexity index is 314. The molecule has 0 aromatic carbocycles. The number of hydrogen-bond acceptors (Lipinski definition) is 3. The van der Waals surface area contributed by atoms with Gasteiger partial charge in [0.15, 0.2) is 0 Å². The topological polar surface area (TPSA) is 41.1 Å². The molecular formula is C16H31ClN2OS. The molecule has 2 N–H and O–H groups in total. The largest absolute Gasteiger partial charge is 0.353 e. The maximum Gasteiger partial charge on any atom is 0.237 e. The van der Waals surface area contributed by atoms with Crippen LogP contribution >= 0.6 is 24.2 Å². The summed E-state index contributed by atoms with van der Waals surface area (Å²) in [5.41, 5.74) is 0. The lowest BCUT2D eigenvalue weighted by atomic mass is 9.85. The molecule has 0 bridgehead atoms. The van der Waals surface area contributed by atoms with Crippen LogP contribution < -0.4 is 10.6 Å². The fourth-order valence-electron chi connectivity index (χ4n) is 3.75. The summed E-state index contributed by atoms with van der Waals surface area (Å²) in [6.07, 6.45) is 10.6. The van der Waals surface area contributed by atoms with Crippen LogP contribution in [0.25, 0.3) is 0 Å². The Morgan fingerprint density at radius 3 is 2.52 bits per heavy atom. The van der Waals surface area contributed by atoms with Gasteiger partial charge in [0.1, 0.15) is 0 Å². The lowest BCUT2D eigenvalue weighted by molar-refractivity contribution is -0.123. The highest BCUT2D eigenvalue weighted by Gasteiger charge is 2.38. The molecule has 0 aromatic rings. The zero-order chi connectivity index (χ0) is 14.6. The molecule has 3 nitrogen and oxygen atoms in total.